The zero-order valence-corrected chi connectivity index (χ0v) is 19.5. The van der Waals surface area contributed by atoms with Crippen molar-refractivity contribution in [2.24, 2.45) is 0 Å². The number of benzene rings is 2. The number of fused-ring (bicyclic) bond motifs is 1. The van der Waals surface area contributed by atoms with Crippen LogP contribution >= 0.6 is 11.6 Å². The fourth-order valence-corrected chi connectivity index (χ4v) is 3.60. The molecule has 0 aliphatic heterocycles. The van der Waals surface area contributed by atoms with E-state index >= 15 is 0 Å². The first-order valence-electron chi connectivity index (χ1n) is 10.6. The monoisotopic (exact) mass is 464 g/mol. The lowest BCUT2D eigenvalue weighted by atomic mass is 10.2. The number of hydrogen-bond donors (Lipinski definition) is 2. The Kier molecular flexibility index (Phi) is 6.86. The molecule has 4 aromatic rings. The van der Waals surface area contributed by atoms with Gasteiger partial charge in [-0.1, -0.05) is 29.3 Å². The second-order valence-electron chi connectivity index (χ2n) is 7.64. The molecular weight excluding hydrogens is 440 g/mol. The molecule has 1 amide bonds. The van der Waals surface area contributed by atoms with Crippen molar-refractivity contribution in [3.63, 3.8) is 0 Å². The number of methoxy groups -OCH3 is 1. The summed E-state index contributed by atoms with van der Waals surface area (Å²) in [5.41, 5.74) is 4.15. The number of nitrogens with one attached hydrogen (secondary N) is 2. The van der Waals surface area contributed by atoms with Crippen molar-refractivity contribution in [3.05, 3.63) is 76.2 Å². The molecule has 0 atom stereocenters. The lowest BCUT2D eigenvalue weighted by molar-refractivity contribution is 0.0955. The molecule has 8 nitrogen and oxygen atoms in total. The van der Waals surface area contributed by atoms with Gasteiger partial charge in [0.05, 0.1) is 16.8 Å². The van der Waals surface area contributed by atoms with Crippen LogP contribution in [0.15, 0.2) is 48.5 Å². The highest BCUT2D eigenvalue weighted by molar-refractivity contribution is 6.30. The Balaban J connectivity index is 1.55. The van der Waals surface area contributed by atoms with Gasteiger partial charge < -0.3 is 15.4 Å². The number of aromatic nitrogens is 4. The predicted molar refractivity (Wildman–Crippen MR) is 129 cm³/mol. The van der Waals surface area contributed by atoms with Gasteiger partial charge in [0.25, 0.3) is 5.91 Å². The van der Waals surface area contributed by atoms with Gasteiger partial charge in [-0.25, -0.2) is 14.6 Å². The molecule has 0 saturated carbocycles. The van der Waals surface area contributed by atoms with Crippen LogP contribution in [0.4, 0.5) is 5.82 Å². The van der Waals surface area contributed by atoms with Crippen LogP contribution in [0.2, 0.25) is 5.02 Å². The highest BCUT2D eigenvalue weighted by Crippen LogP contribution is 2.26. The number of carbonyl (C=O) groups excluding carboxylic acids is 1. The fraction of sp³-hybridized carbons (Fsp3) is 0.250. The maximum absolute atomic E-state index is 12.3. The smallest absolute Gasteiger partial charge is 0.251 e. The molecule has 2 N–H and O–H groups in total. The molecule has 0 saturated heterocycles. The Morgan fingerprint density at radius 1 is 1.03 bits per heavy atom. The first-order valence-corrected chi connectivity index (χ1v) is 10.9. The topological polar surface area (TPSA) is 94.0 Å². The number of anilines is 1. The maximum Gasteiger partial charge on any atom is 0.251 e. The zero-order valence-electron chi connectivity index (χ0n) is 18.7. The highest BCUT2D eigenvalue weighted by atomic mass is 35.5. The second-order valence-corrected chi connectivity index (χ2v) is 8.08. The molecule has 170 valence electrons. The molecule has 0 spiro atoms. The Hall–Kier alpha value is -3.49. The molecule has 0 fully saturated rings. The first-order chi connectivity index (χ1) is 16.0. The summed E-state index contributed by atoms with van der Waals surface area (Å²) < 4.78 is 7.08. The highest BCUT2D eigenvalue weighted by Gasteiger charge is 2.17. The number of carbonyl (C=O) groups is 1. The van der Waals surface area contributed by atoms with Crippen LogP contribution in [0.1, 0.15) is 27.4 Å². The summed E-state index contributed by atoms with van der Waals surface area (Å²) in [5, 5.41) is 12.3. The van der Waals surface area contributed by atoms with Gasteiger partial charge in [0.2, 0.25) is 0 Å². The summed E-state index contributed by atoms with van der Waals surface area (Å²) in [7, 11) is 1.61. The van der Waals surface area contributed by atoms with Crippen molar-refractivity contribution in [2.75, 3.05) is 25.5 Å². The van der Waals surface area contributed by atoms with Gasteiger partial charge in [0, 0.05) is 30.8 Å². The molecule has 0 radical (unpaired) electrons. The Morgan fingerprint density at radius 2 is 1.76 bits per heavy atom. The lowest BCUT2D eigenvalue weighted by Gasteiger charge is -2.11. The molecular formula is C24H25ClN6O2. The largest absolute Gasteiger partial charge is 0.377 e. The van der Waals surface area contributed by atoms with E-state index in [0.29, 0.717) is 41.0 Å². The first kappa shape index (κ1) is 22.7. The van der Waals surface area contributed by atoms with E-state index in [1.165, 1.54) is 5.56 Å². The lowest BCUT2D eigenvalue weighted by Crippen LogP contribution is -2.29. The van der Waals surface area contributed by atoms with Crippen molar-refractivity contribution in [2.45, 2.75) is 20.5 Å². The number of aryl methyl sites for hydroxylation is 2. The molecule has 33 heavy (non-hydrogen) atoms. The number of halogens is 1. The molecule has 0 aliphatic carbocycles. The number of ether oxygens (including phenoxy) is 1. The van der Waals surface area contributed by atoms with E-state index in [1.54, 1.807) is 31.4 Å². The molecule has 2 aromatic heterocycles. The number of amides is 1. The van der Waals surface area contributed by atoms with Gasteiger partial charge >= 0.3 is 0 Å². The molecule has 2 aromatic carbocycles. The van der Waals surface area contributed by atoms with Crippen molar-refractivity contribution < 1.29 is 9.53 Å². The van der Waals surface area contributed by atoms with Crippen LogP contribution < -0.4 is 10.6 Å². The average Bonchev–Trinajstić information content (AvgIpc) is 3.14. The van der Waals surface area contributed by atoms with Crippen molar-refractivity contribution >= 4 is 34.4 Å². The minimum absolute atomic E-state index is 0.162. The van der Waals surface area contributed by atoms with Crippen molar-refractivity contribution in [3.8, 4) is 5.69 Å². The Labute approximate surface area is 197 Å². The van der Waals surface area contributed by atoms with Crippen LogP contribution in [0.3, 0.4) is 0 Å². The van der Waals surface area contributed by atoms with E-state index < -0.39 is 0 Å². The van der Waals surface area contributed by atoms with Crippen molar-refractivity contribution in [1.82, 2.24) is 25.1 Å². The summed E-state index contributed by atoms with van der Waals surface area (Å²) in [5.74, 6) is 1.04. The van der Waals surface area contributed by atoms with Crippen LogP contribution in [0.5, 0.6) is 0 Å². The minimum Gasteiger partial charge on any atom is -0.377 e. The predicted octanol–water partition coefficient (Wildman–Crippen LogP) is 4.07. The van der Waals surface area contributed by atoms with Gasteiger partial charge in [0.1, 0.15) is 12.4 Å². The van der Waals surface area contributed by atoms with Gasteiger partial charge in [-0.2, -0.15) is 5.10 Å². The molecule has 4 rings (SSSR count). The minimum atomic E-state index is -0.162. The van der Waals surface area contributed by atoms with Gasteiger partial charge in [-0.3, -0.25) is 4.79 Å². The van der Waals surface area contributed by atoms with E-state index in [-0.39, 0.29) is 12.5 Å². The van der Waals surface area contributed by atoms with E-state index in [1.807, 2.05) is 42.8 Å². The molecule has 2 heterocycles. The molecule has 0 aliphatic rings. The SMILES string of the molecule is COCc1nc(NCCNC(=O)c2ccc(Cl)cc2)c2c(C)nn(-c3ccc(C)cc3)c2n1. The van der Waals surface area contributed by atoms with E-state index in [9.17, 15) is 4.79 Å². The van der Waals surface area contributed by atoms with Gasteiger partial charge in [-0.15, -0.1) is 0 Å². The summed E-state index contributed by atoms with van der Waals surface area (Å²) in [6.45, 7) is 5.14. The summed E-state index contributed by atoms with van der Waals surface area (Å²) >= 11 is 5.88. The summed E-state index contributed by atoms with van der Waals surface area (Å²) in [6.07, 6.45) is 0. The van der Waals surface area contributed by atoms with Crippen LogP contribution in [0, 0.1) is 13.8 Å². The third kappa shape index (κ3) is 5.13. The van der Waals surface area contributed by atoms with Crippen LogP contribution in [0.25, 0.3) is 16.7 Å². The molecule has 0 bridgehead atoms. The van der Waals surface area contributed by atoms with Gasteiger partial charge in [-0.05, 0) is 50.2 Å². The number of nitrogens with zero attached hydrogens (tertiary/aromatic N) is 4. The summed E-state index contributed by atoms with van der Waals surface area (Å²) in [6, 6.07) is 14.9. The van der Waals surface area contributed by atoms with E-state index in [0.717, 1.165) is 16.8 Å². The Morgan fingerprint density at radius 3 is 2.45 bits per heavy atom. The third-order valence-corrected chi connectivity index (χ3v) is 5.36. The van der Waals surface area contributed by atoms with E-state index in [2.05, 4.69) is 15.6 Å². The van der Waals surface area contributed by atoms with Crippen molar-refractivity contribution in [1.29, 1.82) is 0 Å². The van der Waals surface area contributed by atoms with E-state index in [4.69, 9.17) is 26.4 Å². The Bertz CT molecular complexity index is 1270. The second kappa shape index (κ2) is 9.97. The quantitative estimate of drug-likeness (QED) is 0.382. The zero-order chi connectivity index (χ0) is 23.4. The average molecular weight is 465 g/mol. The molecule has 9 heteroatoms. The number of rotatable bonds is 8. The normalized spacial score (nSPS) is 11.0. The van der Waals surface area contributed by atoms with Gasteiger partial charge in [0.15, 0.2) is 11.5 Å². The van der Waals surface area contributed by atoms with Crippen LogP contribution in [-0.2, 0) is 11.3 Å². The third-order valence-electron chi connectivity index (χ3n) is 5.11. The standard InChI is InChI=1S/C24H25ClN6O2/c1-15-4-10-19(11-5-15)31-23-21(16(2)30-31)22(28-20(29-23)14-33-3)26-12-13-27-24(32)17-6-8-18(25)9-7-17/h4-11H,12-14H2,1-3H3,(H,27,32)(H,26,28,29). The summed E-state index contributed by atoms with van der Waals surface area (Å²) in [4.78, 5) is 21.6. The fourth-order valence-electron chi connectivity index (χ4n) is 3.48. The number of hydrogen-bond acceptors (Lipinski definition) is 6. The van der Waals surface area contributed by atoms with Crippen LogP contribution in [-0.4, -0.2) is 45.9 Å². The maximum atomic E-state index is 12.3. The molecule has 0 unspecified atom stereocenters.